The summed E-state index contributed by atoms with van der Waals surface area (Å²) in [5.41, 5.74) is -1.31. The van der Waals surface area contributed by atoms with Gasteiger partial charge in [-0.15, -0.1) is 0 Å². The number of nitrogens with one attached hydrogen (secondary N) is 2. The number of nitrogens with zero attached hydrogens (tertiary/aromatic N) is 1. The van der Waals surface area contributed by atoms with Gasteiger partial charge in [0.1, 0.15) is 17.4 Å². The van der Waals surface area contributed by atoms with Crippen LogP contribution in [0.3, 0.4) is 0 Å². The van der Waals surface area contributed by atoms with Crippen molar-refractivity contribution in [2.45, 2.75) is 19.2 Å². The van der Waals surface area contributed by atoms with E-state index >= 15 is 0 Å². The summed E-state index contributed by atoms with van der Waals surface area (Å²) in [7, 11) is 0. The Morgan fingerprint density at radius 1 is 1.26 bits per heavy atom. The van der Waals surface area contributed by atoms with E-state index in [-0.39, 0.29) is 29.1 Å². The third kappa shape index (κ3) is 5.71. The summed E-state index contributed by atoms with van der Waals surface area (Å²) >= 11 is 5.88. The van der Waals surface area contributed by atoms with Crippen molar-refractivity contribution in [1.29, 1.82) is 0 Å². The molecule has 1 atom stereocenters. The van der Waals surface area contributed by atoms with Crippen LogP contribution in [0.25, 0.3) is 0 Å². The lowest BCUT2D eigenvalue weighted by atomic mass is 10.0. The van der Waals surface area contributed by atoms with Gasteiger partial charge >= 0.3 is 6.18 Å². The molecular formula is C22H21ClF5N3O3. The van der Waals surface area contributed by atoms with Crippen LogP contribution in [0.15, 0.2) is 42.7 Å². The van der Waals surface area contributed by atoms with Crippen LogP contribution in [0.2, 0.25) is 5.02 Å². The number of likely N-dealkylation sites (tertiary alicyclic amines) is 1. The topological polar surface area (TPSA) is 73.8 Å². The molecule has 184 valence electrons. The molecule has 1 amide bonds. The van der Waals surface area contributed by atoms with Crippen LogP contribution in [-0.4, -0.2) is 47.9 Å². The zero-order valence-corrected chi connectivity index (χ0v) is 18.6. The molecule has 0 saturated carbocycles. The summed E-state index contributed by atoms with van der Waals surface area (Å²) in [5, 5.41) is 13.7. The molecular weight excluding hydrogens is 485 g/mol. The average molecular weight is 506 g/mol. The predicted molar refractivity (Wildman–Crippen MR) is 117 cm³/mol. The summed E-state index contributed by atoms with van der Waals surface area (Å²) in [6, 6.07) is 5.16. The molecule has 12 heteroatoms. The van der Waals surface area contributed by atoms with Crippen LogP contribution in [0.5, 0.6) is 5.75 Å². The first-order chi connectivity index (χ1) is 15.9. The smallest absolute Gasteiger partial charge is 0.425 e. The fourth-order valence-corrected chi connectivity index (χ4v) is 3.33. The summed E-state index contributed by atoms with van der Waals surface area (Å²) in [4.78, 5) is 14.4. The number of alkyl halides is 3. The third-order valence-corrected chi connectivity index (χ3v) is 5.47. The third-order valence-electron chi connectivity index (χ3n) is 5.16. The molecule has 3 N–H and O–H groups in total. The number of benzene rings is 2. The maximum Gasteiger partial charge on any atom is 0.425 e. The van der Waals surface area contributed by atoms with E-state index in [1.54, 1.807) is 4.90 Å². The van der Waals surface area contributed by atoms with Gasteiger partial charge in [-0.05, 0) is 25.1 Å². The average Bonchev–Trinajstić information content (AvgIpc) is 2.71. The van der Waals surface area contributed by atoms with Crippen molar-refractivity contribution in [2.75, 3.05) is 30.3 Å². The number of hydrogen-bond acceptors (Lipinski definition) is 5. The lowest BCUT2D eigenvalue weighted by Crippen LogP contribution is -2.48. The molecule has 1 fully saturated rings. The molecule has 34 heavy (non-hydrogen) atoms. The number of halogens is 6. The van der Waals surface area contributed by atoms with E-state index in [9.17, 15) is 26.7 Å². The van der Waals surface area contributed by atoms with Gasteiger partial charge < -0.3 is 25.4 Å². The lowest BCUT2D eigenvalue weighted by Gasteiger charge is -2.41. The second-order valence-corrected chi connectivity index (χ2v) is 8.11. The quantitative estimate of drug-likeness (QED) is 0.440. The van der Waals surface area contributed by atoms with E-state index < -0.39 is 46.8 Å². The van der Waals surface area contributed by atoms with Crippen molar-refractivity contribution in [3.8, 4) is 5.75 Å². The number of hydrogen-bond donors (Lipinski definition) is 3. The van der Waals surface area contributed by atoms with Gasteiger partial charge in [0.2, 0.25) is 0 Å². The fourth-order valence-electron chi connectivity index (χ4n) is 3.12. The highest BCUT2D eigenvalue weighted by Gasteiger charge is 2.39. The Balaban J connectivity index is 1.92. The molecule has 1 saturated heterocycles. The molecule has 0 bridgehead atoms. The van der Waals surface area contributed by atoms with Gasteiger partial charge in [-0.1, -0.05) is 24.2 Å². The van der Waals surface area contributed by atoms with Crippen LogP contribution in [0.1, 0.15) is 17.3 Å². The molecule has 0 aromatic heterocycles. The molecule has 2 aromatic rings. The number of aliphatic hydroxyl groups excluding tert-OH is 1. The summed E-state index contributed by atoms with van der Waals surface area (Å²) in [5.74, 6) is -3.33. The zero-order valence-electron chi connectivity index (χ0n) is 17.8. The number of aliphatic hydroxyl groups is 1. The standard InChI is InChI=1S/C22H21ClF5N3O3/c1-11(22(26,27)28)34-19-7-18(29-12(2)31-8-13(9-31)10-32)17(25)6-14(19)21(33)30-20-15(23)4-3-5-16(20)24/h3-7,11,13,29,32H,2,8-10H2,1H3,(H,30,33)/t11-/m0/s1. The van der Waals surface area contributed by atoms with Crippen LogP contribution >= 0.6 is 11.6 Å². The van der Waals surface area contributed by atoms with Gasteiger partial charge in [0, 0.05) is 31.7 Å². The molecule has 0 unspecified atom stereocenters. The number of para-hydroxylation sites is 1. The van der Waals surface area contributed by atoms with Gasteiger partial charge in [0.15, 0.2) is 6.10 Å². The van der Waals surface area contributed by atoms with Crippen LogP contribution in [0.4, 0.5) is 33.3 Å². The highest BCUT2D eigenvalue weighted by molar-refractivity contribution is 6.34. The first-order valence-corrected chi connectivity index (χ1v) is 10.4. The first kappa shape index (κ1) is 25.6. The van der Waals surface area contributed by atoms with Crippen LogP contribution < -0.4 is 15.4 Å². The number of carbonyl (C=O) groups is 1. The van der Waals surface area contributed by atoms with Crippen molar-refractivity contribution >= 4 is 28.9 Å². The Bertz CT molecular complexity index is 1070. The number of carbonyl (C=O) groups excluding carboxylic acids is 1. The molecule has 1 aliphatic rings. The minimum Gasteiger partial charge on any atom is -0.480 e. The summed E-state index contributed by atoms with van der Waals surface area (Å²) < 4.78 is 73.2. The maximum atomic E-state index is 14.8. The van der Waals surface area contributed by atoms with Gasteiger partial charge in [-0.25, -0.2) is 8.78 Å². The van der Waals surface area contributed by atoms with E-state index in [4.69, 9.17) is 21.4 Å². The molecule has 2 aromatic carbocycles. The Morgan fingerprint density at radius 2 is 1.94 bits per heavy atom. The second kappa shape index (κ2) is 10.1. The van der Waals surface area contributed by atoms with Gasteiger partial charge in [0.05, 0.1) is 27.8 Å². The highest BCUT2D eigenvalue weighted by atomic mass is 35.5. The number of amides is 1. The predicted octanol–water partition coefficient (Wildman–Crippen LogP) is 5.01. The van der Waals surface area contributed by atoms with Crippen LogP contribution in [-0.2, 0) is 0 Å². The van der Waals surface area contributed by atoms with Crippen molar-refractivity contribution in [3.63, 3.8) is 0 Å². The Morgan fingerprint density at radius 3 is 2.53 bits per heavy atom. The molecule has 1 heterocycles. The van der Waals surface area contributed by atoms with E-state index in [0.29, 0.717) is 19.2 Å². The summed E-state index contributed by atoms with van der Waals surface area (Å²) in [6.45, 7) is 5.37. The van der Waals surface area contributed by atoms with E-state index in [0.717, 1.165) is 19.1 Å². The fraction of sp³-hybridized carbons (Fsp3) is 0.318. The molecule has 3 rings (SSSR count). The second-order valence-electron chi connectivity index (χ2n) is 7.71. The molecule has 0 radical (unpaired) electrons. The molecule has 0 spiro atoms. The Labute approximate surface area is 197 Å². The van der Waals surface area contributed by atoms with Crippen molar-refractivity contribution in [1.82, 2.24) is 4.90 Å². The first-order valence-electron chi connectivity index (χ1n) is 10.0. The summed E-state index contributed by atoms with van der Waals surface area (Å²) in [6.07, 6.45) is -7.11. The lowest BCUT2D eigenvalue weighted by molar-refractivity contribution is -0.189. The maximum absolute atomic E-state index is 14.8. The Kier molecular flexibility index (Phi) is 7.57. The number of anilines is 2. The Hall–Kier alpha value is -3.05. The molecule has 0 aliphatic carbocycles. The minimum atomic E-state index is -4.77. The number of ether oxygens (including phenoxy) is 1. The molecule has 1 aliphatic heterocycles. The van der Waals surface area contributed by atoms with Gasteiger partial charge in [-0.3, -0.25) is 4.79 Å². The van der Waals surface area contributed by atoms with Crippen LogP contribution in [0, 0.1) is 17.6 Å². The normalized spacial score (nSPS) is 14.9. The van der Waals surface area contributed by atoms with Crippen molar-refractivity contribution in [3.05, 3.63) is 65.0 Å². The molecule has 6 nitrogen and oxygen atoms in total. The van der Waals surface area contributed by atoms with Crippen molar-refractivity contribution < 1.29 is 36.6 Å². The monoisotopic (exact) mass is 505 g/mol. The van der Waals surface area contributed by atoms with E-state index in [1.165, 1.54) is 12.1 Å². The number of rotatable bonds is 8. The zero-order chi connectivity index (χ0) is 25.2. The van der Waals surface area contributed by atoms with Gasteiger partial charge in [-0.2, -0.15) is 13.2 Å². The van der Waals surface area contributed by atoms with Crippen molar-refractivity contribution in [2.24, 2.45) is 5.92 Å². The van der Waals surface area contributed by atoms with Gasteiger partial charge in [0.25, 0.3) is 5.91 Å². The van der Waals surface area contributed by atoms with E-state index in [2.05, 4.69) is 17.2 Å². The largest absolute Gasteiger partial charge is 0.480 e. The highest BCUT2D eigenvalue weighted by Crippen LogP contribution is 2.34. The minimum absolute atomic E-state index is 0.0265. The SMILES string of the molecule is C=C(Nc1cc(O[C@@H](C)C(F)(F)F)c(C(=O)Nc2c(F)cccc2Cl)cc1F)N1CC(CO)C1. The van der Waals surface area contributed by atoms with E-state index in [1.807, 2.05) is 0 Å².